The zero-order valence-electron chi connectivity index (χ0n) is 13.7. The fraction of sp³-hybridized carbons (Fsp3) is 0.647. The van der Waals surface area contributed by atoms with Crippen molar-refractivity contribution in [2.75, 3.05) is 19.8 Å². The minimum absolute atomic E-state index is 0.117. The fourth-order valence-corrected chi connectivity index (χ4v) is 3.82. The third-order valence-corrected chi connectivity index (χ3v) is 4.65. The lowest BCUT2D eigenvalue weighted by molar-refractivity contribution is 0.0407. The number of ether oxygens (including phenoxy) is 1. The average molecular weight is 295 g/mol. The Morgan fingerprint density at radius 2 is 1.65 bits per heavy atom. The van der Waals surface area contributed by atoms with Gasteiger partial charge in [0.15, 0.2) is 9.76 Å². The molecular weight excluding hydrogens is 264 g/mol. The van der Waals surface area contributed by atoms with Crippen molar-refractivity contribution in [3.05, 3.63) is 35.9 Å². The van der Waals surface area contributed by atoms with Crippen LogP contribution < -0.4 is 0 Å². The summed E-state index contributed by atoms with van der Waals surface area (Å²) in [4.78, 5) is 0. The summed E-state index contributed by atoms with van der Waals surface area (Å²) in [5.74, 6) is 0. The van der Waals surface area contributed by atoms with Crippen LogP contribution in [0.15, 0.2) is 30.3 Å². The van der Waals surface area contributed by atoms with Gasteiger partial charge < -0.3 is 9.16 Å². The van der Waals surface area contributed by atoms with Gasteiger partial charge in [-0.2, -0.15) is 0 Å². The second kappa shape index (κ2) is 7.96. The Labute approximate surface area is 126 Å². The van der Waals surface area contributed by atoms with Gasteiger partial charge in [-0.15, -0.1) is 0 Å². The van der Waals surface area contributed by atoms with E-state index in [1.165, 1.54) is 5.56 Å². The predicted octanol–water partition coefficient (Wildman–Crippen LogP) is 3.59. The van der Waals surface area contributed by atoms with Crippen LogP contribution in [0.4, 0.5) is 0 Å². The van der Waals surface area contributed by atoms with Gasteiger partial charge >= 0.3 is 0 Å². The molecular formula is C17H30O2Si. The molecule has 2 nitrogen and oxygen atoms in total. The molecule has 0 aliphatic carbocycles. The number of benzene rings is 1. The summed E-state index contributed by atoms with van der Waals surface area (Å²) in [5.41, 5.74) is 1.52. The fourth-order valence-electron chi connectivity index (χ4n) is 2.22. The highest BCUT2D eigenvalue weighted by molar-refractivity contribution is 6.32. The summed E-state index contributed by atoms with van der Waals surface area (Å²) in [6.07, 6.45) is 1.10. The van der Waals surface area contributed by atoms with E-state index in [1.54, 1.807) is 0 Å². The molecule has 0 N–H and O–H groups in total. The van der Waals surface area contributed by atoms with Crippen molar-refractivity contribution in [1.82, 2.24) is 0 Å². The van der Waals surface area contributed by atoms with Gasteiger partial charge in [-0.05, 0) is 23.9 Å². The van der Waals surface area contributed by atoms with Gasteiger partial charge in [0.1, 0.15) is 0 Å². The van der Waals surface area contributed by atoms with Gasteiger partial charge in [-0.25, -0.2) is 0 Å². The quantitative estimate of drug-likeness (QED) is 0.648. The number of hydrogen-bond acceptors (Lipinski definition) is 2. The minimum atomic E-state index is -0.563. The number of rotatable bonds is 9. The van der Waals surface area contributed by atoms with Crippen LogP contribution in [0, 0.1) is 5.41 Å². The maximum atomic E-state index is 6.09. The van der Waals surface area contributed by atoms with E-state index in [9.17, 15) is 0 Å². The highest BCUT2D eigenvalue weighted by Gasteiger charge is 2.23. The molecule has 0 saturated heterocycles. The smallest absolute Gasteiger partial charge is 0.167 e. The zero-order chi connectivity index (χ0) is 15.1. The molecule has 0 fully saturated rings. The summed E-state index contributed by atoms with van der Waals surface area (Å²) in [7, 11) is -0.563. The van der Waals surface area contributed by atoms with E-state index in [0.29, 0.717) is 5.04 Å². The molecule has 1 rings (SSSR count). The van der Waals surface area contributed by atoms with Crippen molar-refractivity contribution in [3.63, 3.8) is 0 Å². The van der Waals surface area contributed by atoms with Crippen molar-refractivity contribution in [2.45, 2.75) is 46.1 Å². The summed E-state index contributed by atoms with van der Waals surface area (Å²) in [6, 6.07) is 10.7. The SMILES string of the molecule is CCOCC(C)(C)CO[SiH2]C(C)(C)Cc1ccccc1. The van der Waals surface area contributed by atoms with E-state index in [2.05, 4.69) is 58.0 Å². The van der Waals surface area contributed by atoms with Crippen LogP contribution in [-0.4, -0.2) is 29.6 Å². The Hall–Kier alpha value is -0.643. The standard InChI is InChI=1S/C17H30O2Si/c1-6-18-13-16(2,3)14-19-20-17(4,5)12-15-10-8-7-9-11-15/h7-11H,6,12-14,20H2,1-5H3. The number of hydrogen-bond donors (Lipinski definition) is 0. The molecule has 114 valence electrons. The van der Waals surface area contributed by atoms with E-state index in [-0.39, 0.29) is 5.41 Å². The van der Waals surface area contributed by atoms with Crippen molar-refractivity contribution < 1.29 is 9.16 Å². The second-order valence-corrected chi connectivity index (χ2v) is 9.73. The van der Waals surface area contributed by atoms with Gasteiger partial charge in [-0.3, -0.25) is 0 Å². The maximum Gasteiger partial charge on any atom is 0.167 e. The van der Waals surface area contributed by atoms with Crippen LogP contribution in [0.2, 0.25) is 5.04 Å². The first-order valence-electron chi connectivity index (χ1n) is 7.54. The van der Waals surface area contributed by atoms with Gasteiger partial charge in [0.25, 0.3) is 0 Å². The summed E-state index contributed by atoms with van der Waals surface area (Å²) < 4.78 is 11.6. The summed E-state index contributed by atoms with van der Waals surface area (Å²) in [6.45, 7) is 13.5. The van der Waals surface area contributed by atoms with E-state index < -0.39 is 9.76 Å². The van der Waals surface area contributed by atoms with Crippen LogP contribution in [0.5, 0.6) is 0 Å². The van der Waals surface area contributed by atoms with E-state index in [0.717, 1.165) is 26.2 Å². The van der Waals surface area contributed by atoms with Crippen LogP contribution in [-0.2, 0) is 15.6 Å². The molecule has 0 saturated carbocycles. The molecule has 1 aromatic rings. The third-order valence-electron chi connectivity index (χ3n) is 3.21. The lowest BCUT2D eigenvalue weighted by Gasteiger charge is -2.28. The van der Waals surface area contributed by atoms with Crippen molar-refractivity contribution >= 4 is 9.76 Å². The van der Waals surface area contributed by atoms with Gasteiger partial charge in [0, 0.05) is 18.6 Å². The van der Waals surface area contributed by atoms with E-state index >= 15 is 0 Å². The van der Waals surface area contributed by atoms with Crippen molar-refractivity contribution in [1.29, 1.82) is 0 Å². The molecule has 0 unspecified atom stereocenters. The Morgan fingerprint density at radius 3 is 2.25 bits per heavy atom. The first-order chi connectivity index (χ1) is 9.35. The highest BCUT2D eigenvalue weighted by Crippen LogP contribution is 2.29. The minimum Gasteiger partial charge on any atom is -0.423 e. The molecule has 0 aliphatic heterocycles. The maximum absolute atomic E-state index is 6.09. The van der Waals surface area contributed by atoms with E-state index in [1.807, 2.05) is 6.92 Å². The predicted molar refractivity (Wildman–Crippen MR) is 89.0 cm³/mol. The summed E-state index contributed by atoms with van der Waals surface area (Å²) >= 11 is 0. The average Bonchev–Trinajstić information content (AvgIpc) is 2.36. The Bertz CT molecular complexity index is 374. The molecule has 0 heterocycles. The molecule has 0 atom stereocenters. The Morgan fingerprint density at radius 1 is 1.00 bits per heavy atom. The lowest BCUT2D eigenvalue weighted by atomic mass is 9.97. The van der Waals surface area contributed by atoms with E-state index in [4.69, 9.17) is 9.16 Å². The molecule has 0 amide bonds. The van der Waals surface area contributed by atoms with Crippen molar-refractivity contribution in [3.8, 4) is 0 Å². The van der Waals surface area contributed by atoms with Crippen LogP contribution >= 0.6 is 0 Å². The van der Waals surface area contributed by atoms with Gasteiger partial charge in [0.05, 0.1) is 6.61 Å². The molecule has 1 aromatic carbocycles. The van der Waals surface area contributed by atoms with Crippen LogP contribution in [0.1, 0.15) is 40.2 Å². The molecule has 20 heavy (non-hydrogen) atoms. The van der Waals surface area contributed by atoms with Gasteiger partial charge in [-0.1, -0.05) is 58.0 Å². The topological polar surface area (TPSA) is 18.5 Å². The second-order valence-electron chi connectivity index (χ2n) is 7.12. The van der Waals surface area contributed by atoms with Gasteiger partial charge in [0.2, 0.25) is 0 Å². The lowest BCUT2D eigenvalue weighted by Crippen LogP contribution is -2.29. The Balaban J connectivity index is 2.36. The molecule has 0 aliphatic rings. The van der Waals surface area contributed by atoms with Crippen LogP contribution in [0.25, 0.3) is 0 Å². The first kappa shape index (κ1) is 17.4. The third kappa shape index (κ3) is 7.22. The molecule has 0 aromatic heterocycles. The summed E-state index contributed by atoms with van der Waals surface area (Å²) in [5, 5.41) is 0.295. The van der Waals surface area contributed by atoms with Crippen molar-refractivity contribution in [2.24, 2.45) is 5.41 Å². The zero-order valence-corrected chi connectivity index (χ0v) is 15.2. The Kier molecular flexibility index (Phi) is 6.93. The molecule has 0 bridgehead atoms. The first-order valence-corrected chi connectivity index (χ1v) is 8.82. The molecule has 0 spiro atoms. The van der Waals surface area contributed by atoms with Crippen LogP contribution in [0.3, 0.4) is 0 Å². The monoisotopic (exact) mass is 294 g/mol. The molecule has 0 radical (unpaired) electrons. The largest absolute Gasteiger partial charge is 0.423 e. The molecule has 3 heteroatoms. The highest BCUT2D eigenvalue weighted by atomic mass is 28.2. The normalized spacial score (nSPS) is 13.2.